The van der Waals surface area contributed by atoms with Crippen LogP contribution in [0, 0.1) is 6.92 Å². The summed E-state index contributed by atoms with van der Waals surface area (Å²) in [6.07, 6.45) is 0.611. The van der Waals surface area contributed by atoms with Crippen molar-refractivity contribution in [1.29, 1.82) is 0 Å². The van der Waals surface area contributed by atoms with Crippen LogP contribution in [-0.2, 0) is 21.2 Å². The van der Waals surface area contributed by atoms with E-state index in [9.17, 15) is 18.0 Å². The average molecular weight is 654 g/mol. The van der Waals surface area contributed by atoms with E-state index in [4.69, 9.17) is 0 Å². The molecule has 0 fully saturated rings. The van der Waals surface area contributed by atoms with E-state index in [0.29, 0.717) is 27.1 Å². The molecular formula is C29H25BrN4O5S2. The third-order valence-corrected chi connectivity index (χ3v) is 10.5. The topological polar surface area (TPSA) is 121 Å². The Bertz CT molecular complexity index is 1860. The molecule has 0 saturated heterocycles. The van der Waals surface area contributed by atoms with E-state index in [2.05, 4.69) is 42.0 Å². The first-order valence-corrected chi connectivity index (χ1v) is 15.4. The van der Waals surface area contributed by atoms with Crippen LogP contribution in [-0.4, -0.2) is 44.4 Å². The Morgan fingerprint density at radius 3 is 2.44 bits per heavy atom. The maximum absolute atomic E-state index is 13.4. The van der Waals surface area contributed by atoms with E-state index >= 15 is 0 Å². The molecule has 210 valence electrons. The number of carbonyl (C=O) groups excluding carboxylic acids is 2. The molecule has 1 amide bonds. The van der Waals surface area contributed by atoms with Gasteiger partial charge in [-0.2, -0.15) is 0 Å². The van der Waals surface area contributed by atoms with E-state index in [-0.39, 0.29) is 9.77 Å². The SMILES string of the molecule is COC(=O)c1ccc(N(C)S(=O)(=O)c2cc(C(=O)Nc3ccc(Cc4nc5ccc(C)cc5[nH]4)cc3)sc2Br)cc1. The van der Waals surface area contributed by atoms with Crippen LogP contribution in [0.1, 0.15) is 37.0 Å². The Morgan fingerprint density at radius 2 is 1.76 bits per heavy atom. The number of sulfonamides is 1. The first-order chi connectivity index (χ1) is 19.5. The predicted molar refractivity (Wildman–Crippen MR) is 163 cm³/mol. The van der Waals surface area contributed by atoms with E-state index < -0.39 is 21.9 Å². The Balaban J connectivity index is 1.27. The Hall–Kier alpha value is -4.00. The summed E-state index contributed by atoms with van der Waals surface area (Å²) in [5.41, 5.74) is 5.32. The highest BCUT2D eigenvalue weighted by molar-refractivity contribution is 9.11. The van der Waals surface area contributed by atoms with E-state index in [1.807, 2.05) is 31.2 Å². The molecule has 12 heteroatoms. The number of H-pyrrole nitrogens is 1. The van der Waals surface area contributed by atoms with Gasteiger partial charge in [0, 0.05) is 19.2 Å². The lowest BCUT2D eigenvalue weighted by Gasteiger charge is -2.19. The third-order valence-electron chi connectivity index (χ3n) is 6.44. The number of aromatic amines is 1. The number of thiophene rings is 1. The van der Waals surface area contributed by atoms with E-state index in [1.165, 1.54) is 44.5 Å². The van der Waals surface area contributed by atoms with Crippen molar-refractivity contribution in [2.24, 2.45) is 0 Å². The van der Waals surface area contributed by atoms with Crippen LogP contribution in [0.25, 0.3) is 11.0 Å². The second-order valence-electron chi connectivity index (χ2n) is 9.29. The van der Waals surface area contributed by atoms with Gasteiger partial charge in [-0.3, -0.25) is 9.10 Å². The lowest BCUT2D eigenvalue weighted by Crippen LogP contribution is -2.26. The van der Waals surface area contributed by atoms with Gasteiger partial charge >= 0.3 is 5.97 Å². The second kappa shape index (κ2) is 11.5. The summed E-state index contributed by atoms with van der Waals surface area (Å²) >= 11 is 4.33. The lowest BCUT2D eigenvalue weighted by atomic mass is 10.1. The van der Waals surface area contributed by atoms with E-state index in [1.54, 1.807) is 12.1 Å². The van der Waals surface area contributed by atoms with Crippen LogP contribution >= 0.6 is 27.3 Å². The molecule has 0 aliphatic rings. The number of nitrogens with one attached hydrogen (secondary N) is 2. The molecule has 2 N–H and O–H groups in total. The highest BCUT2D eigenvalue weighted by Gasteiger charge is 2.28. The van der Waals surface area contributed by atoms with Gasteiger partial charge in [0.1, 0.15) is 10.7 Å². The predicted octanol–water partition coefficient (Wildman–Crippen LogP) is 6.15. The third kappa shape index (κ3) is 6.04. The van der Waals surface area contributed by atoms with Crippen LogP contribution in [0.2, 0.25) is 0 Å². The zero-order valence-electron chi connectivity index (χ0n) is 22.3. The number of anilines is 2. The zero-order valence-corrected chi connectivity index (χ0v) is 25.5. The number of imidazole rings is 1. The number of aromatic nitrogens is 2. The van der Waals surface area contributed by atoms with Crippen molar-refractivity contribution < 1.29 is 22.7 Å². The maximum Gasteiger partial charge on any atom is 0.337 e. The van der Waals surface area contributed by atoms with Gasteiger partial charge in [0.25, 0.3) is 15.9 Å². The highest BCUT2D eigenvalue weighted by atomic mass is 79.9. The number of carbonyl (C=O) groups is 2. The molecule has 0 spiro atoms. The molecule has 0 saturated carbocycles. The van der Waals surface area contributed by atoms with Crippen molar-refractivity contribution >= 4 is 71.6 Å². The van der Waals surface area contributed by atoms with Crippen molar-refractivity contribution in [3.8, 4) is 0 Å². The minimum absolute atomic E-state index is 0.0384. The molecule has 9 nitrogen and oxygen atoms in total. The van der Waals surface area contributed by atoms with Crippen molar-refractivity contribution in [3.05, 3.63) is 104 Å². The number of hydrogen-bond acceptors (Lipinski definition) is 7. The van der Waals surface area contributed by atoms with Gasteiger partial charge in [-0.1, -0.05) is 18.2 Å². The van der Waals surface area contributed by atoms with E-state index in [0.717, 1.165) is 43.6 Å². The number of aryl methyl sites for hydroxylation is 1. The molecule has 2 heterocycles. The summed E-state index contributed by atoms with van der Waals surface area (Å²) < 4.78 is 32.8. The molecule has 3 aromatic carbocycles. The fraction of sp³-hybridized carbons (Fsp3) is 0.138. The fourth-order valence-corrected chi connectivity index (χ4v) is 7.81. The van der Waals surface area contributed by atoms with Crippen molar-refractivity contribution in [2.45, 2.75) is 18.2 Å². The molecule has 0 aliphatic carbocycles. The normalized spacial score (nSPS) is 11.4. The molecular weight excluding hydrogens is 628 g/mol. The number of halogens is 1. The molecule has 0 aliphatic heterocycles. The Kier molecular flexibility index (Phi) is 7.98. The number of esters is 1. The fourth-order valence-electron chi connectivity index (χ4n) is 4.20. The number of nitrogens with zero attached hydrogens (tertiary/aromatic N) is 2. The van der Waals surface area contributed by atoms with Gasteiger partial charge in [0.2, 0.25) is 0 Å². The van der Waals surface area contributed by atoms with Crippen molar-refractivity contribution in [3.63, 3.8) is 0 Å². The summed E-state index contributed by atoms with van der Waals surface area (Å²) in [5.74, 6) is -0.0965. The minimum atomic E-state index is -4.00. The highest BCUT2D eigenvalue weighted by Crippen LogP contribution is 2.35. The molecule has 2 aromatic heterocycles. The van der Waals surface area contributed by atoms with Crippen LogP contribution in [0.4, 0.5) is 11.4 Å². The average Bonchev–Trinajstić information content (AvgIpc) is 3.56. The molecule has 0 bridgehead atoms. The largest absolute Gasteiger partial charge is 0.465 e. The molecule has 0 radical (unpaired) electrons. The summed E-state index contributed by atoms with van der Waals surface area (Å²) in [6, 6.07) is 20.8. The number of rotatable bonds is 8. The number of fused-ring (bicyclic) bond motifs is 1. The molecule has 5 rings (SSSR count). The molecule has 41 heavy (non-hydrogen) atoms. The van der Waals surface area contributed by atoms with Gasteiger partial charge < -0.3 is 15.0 Å². The van der Waals surface area contributed by atoms with Crippen molar-refractivity contribution in [2.75, 3.05) is 23.8 Å². The second-order valence-corrected chi connectivity index (χ2v) is 13.6. The number of hydrogen-bond donors (Lipinski definition) is 2. The van der Waals surface area contributed by atoms with Crippen LogP contribution < -0.4 is 9.62 Å². The van der Waals surface area contributed by atoms with Gasteiger partial charge in [0.05, 0.1) is 38.1 Å². The standard InChI is InChI=1S/C29H25BrN4O5S2/c1-17-4-13-22-23(14-17)33-26(32-22)15-18-5-9-20(10-6-18)31-28(35)24-16-25(27(30)40-24)41(37,38)34(2)21-11-7-19(8-12-21)29(36)39-3/h4-14,16H,15H2,1-3H3,(H,31,35)(H,32,33). The first-order valence-electron chi connectivity index (χ1n) is 12.4. The van der Waals surface area contributed by atoms with Gasteiger partial charge in [-0.15, -0.1) is 11.3 Å². The van der Waals surface area contributed by atoms with Gasteiger partial charge in [-0.05, 0) is 88.6 Å². The smallest absolute Gasteiger partial charge is 0.337 e. The maximum atomic E-state index is 13.4. The van der Waals surface area contributed by atoms with Crippen LogP contribution in [0.15, 0.2) is 81.5 Å². The Labute approximate surface area is 249 Å². The summed E-state index contributed by atoms with van der Waals surface area (Å²) in [6.45, 7) is 2.04. The number of ether oxygens (including phenoxy) is 1. The first kappa shape index (κ1) is 28.5. The minimum Gasteiger partial charge on any atom is -0.465 e. The number of amides is 1. The molecule has 0 atom stereocenters. The summed E-state index contributed by atoms with van der Waals surface area (Å²) in [4.78, 5) is 32.8. The van der Waals surface area contributed by atoms with Crippen molar-refractivity contribution in [1.82, 2.24) is 9.97 Å². The lowest BCUT2D eigenvalue weighted by molar-refractivity contribution is 0.0600. The van der Waals surface area contributed by atoms with Gasteiger partial charge in [0.15, 0.2) is 0 Å². The summed E-state index contributed by atoms with van der Waals surface area (Å²) in [7, 11) is -1.33. The zero-order chi connectivity index (χ0) is 29.3. The summed E-state index contributed by atoms with van der Waals surface area (Å²) in [5, 5.41) is 2.83. The molecule has 5 aromatic rings. The quantitative estimate of drug-likeness (QED) is 0.194. The number of methoxy groups -OCH3 is 1. The van der Waals surface area contributed by atoms with Gasteiger partial charge in [-0.25, -0.2) is 18.2 Å². The number of benzene rings is 3. The molecule has 0 unspecified atom stereocenters. The monoisotopic (exact) mass is 652 g/mol. The van der Waals surface area contributed by atoms with Crippen LogP contribution in [0.3, 0.4) is 0 Å². The van der Waals surface area contributed by atoms with Crippen LogP contribution in [0.5, 0.6) is 0 Å². The Morgan fingerprint density at radius 1 is 1.05 bits per heavy atom.